The molecule has 2 aromatic carbocycles. The van der Waals surface area contributed by atoms with Gasteiger partial charge in [-0.2, -0.15) is 0 Å². The Bertz CT molecular complexity index is 1310. The second kappa shape index (κ2) is 10.6. The van der Waals surface area contributed by atoms with Crippen molar-refractivity contribution in [3.8, 4) is 17.1 Å². The van der Waals surface area contributed by atoms with Crippen LogP contribution in [0.4, 0.5) is 10.5 Å². The van der Waals surface area contributed by atoms with Crippen LogP contribution in [-0.4, -0.2) is 76.0 Å². The predicted molar refractivity (Wildman–Crippen MR) is 137 cm³/mol. The van der Waals surface area contributed by atoms with Crippen molar-refractivity contribution in [1.82, 2.24) is 19.5 Å². The first-order valence-corrected chi connectivity index (χ1v) is 13.0. The summed E-state index contributed by atoms with van der Waals surface area (Å²) in [5.41, 5.74) is 2.68. The molecule has 36 heavy (non-hydrogen) atoms. The number of aromatic nitrogens is 1. The summed E-state index contributed by atoms with van der Waals surface area (Å²) in [4.78, 5) is 21.1. The van der Waals surface area contributed by atoms with Gasteiger partial charge in [-0.3, -0.25) is 0 Å². The number of carbonyl (C=O) groups is 1. The molecule has 0 atom stereocenters. The lowest BCUT2D eigenvalue weighted by atomic mass is 10.1. The first-order chi connectivity index (χ1) is 17.2. The van der Waals surface area contributed by atoms with Crippen LogP contribution in [0.1, 0.15) is 11.5 Å². The summed E-state index contributed by atoms with van der Waals surface area (Å²) in [5.74, 6) is 1.96. The number of anilines is 1. The number of hydrogen-bond donors (Lipinski definition) is 1. The van der Waals surface area contributed by atoms with E-state index in [1.807, 2.05) is 18.2 Å². The molecule has 4 rings (SSSR count). The summed E-state index contributed by atoms with van der Waals surface area (Å²) in [5, 5.41) is 2.92. The van der Waals surface area contributed by atoms with Crippen LogP contribution in [0.5, 0.6) is 5.75 Å². The minimum Gasteiger partial charge on any atom is -0.496 e. The van der Waals surface area contributed by atoms with Gasteiger partial charge in [0.2, 0.25) is 10.0 Å². The van der Waals surface area contributed by atoms with Gasteiger partial charge in [0.25, 0.3) is 0 Å². The molecule has 10 nitrogen and oxygen atoms in total. The molecule has 2 heterocycles. The van der Waals surface area contributed by atoms with E-state index in [0.29, 0.717) is 50.1 Å². The highest BCUT2D eigenvalue weighted by atomic mass is 32.2. The van der Waals surface area contributed by atoms with Gasteiger partial charge in [0.1, 0.15) is 5.75 Å². The number of nitrogens with one attached hydrogen (secondary N) is 1. The van der Waals surface area contributed by atoms with E-state index in [-0.39, 0.29) is 10.9 Å². The molecule has 3 aromatic rings. The molecule has 2 amide bonds. The van der Waals surface area contributed by atoms with Gasteiger partial charge in [0, 0.05) is 65.5 Å². The molecule has 0 unspecified atom stereocenters. The smallest absolute Gasteiger partial charge is 0.317 e. The van der Waals surface area contributed by atoms with Crippen LogP contribution in [0.2, 0.25) is 0 Å². The zero-order valence-electron chi connectivity index (χ0n) is 20.9. The first kappa shape index (κ1) is 25.5. The van der Waals surface area contributed by atoms with E-state index < -0.39 is 10.0 Å². The zero-order chi connectivity index (χ0) is 25.9. The fourth-order valence-electron chi connectivity index (χ4n) is 4.01. The molecule has 1 saturated heterocycles. The number of sulfonamides is 1. The average Bonchev–Trinajstić information content (AvgIpc) is 3.33. The summed E-state index contributed by atoms with van der Waals surface area (Å²) in [6.07, 6.45) is 1.68. The molecule has 1 aromatic heterocycles. The van der Waals surface area contributed by atoms with Gasteiger partial charge in [0.05, 0.1) is 23.8 Å². The molecule has 0 aliphatic carbocycles. The quantitative estimate of drug-likeness (QED) is 0.517. The van der Waals surface area contributed by atoms with E-state index in [2.05, 4.69) is 15.2 Å². The minimum absolute atomic E-state index is 0.145. The topological polar surface area (TPSA) is 108 Å². The van der Waals surface area contributed by atoms with E-state index in [9.17, 15) is 13.2 Å². The number of benzene rings is 2. The highest BCUT2D eigenvalue weighted by Gasteiger charge is 2.23. The molecule has 1 N–H and O–H groups in total. The second-order valence-electron chi connectivity index (χ2n) is 8.69. The maximum Gasteiger partial charge on any atom is 0.317 e. The Morgan fingerprint density at radius 1 is 1.11 bits per heavy atom. The molecule has 0 spiro atoms. The summed E-state index contributed by atoms with van der Waals surface area (Å²) in [7, 11) is 1.14. The van der Waals surface area contributed by atoms with Crippen LogP contribution in [-0.2, 0) is 16.6 Å². The van der Waals surface area contributed by atoms with Crippen LogP contribution in [0.3, 0.4) is 0 Å². The largest absolute Gasteiger partial charge is 0.496 e. The lowest BCUT2D eigenvalue weighted by Crippen LogP contribution is -2.51. The van der Waals surface area contributed by atoms with Crippen molar-refractivity contribution in [3.63, 3.8) is 0 Å². The maximum absolute atomic E-state index is 12.7. The van der Waals surface area contributed by atoms with Gasteiger partial charge in [-0.05, 0) is 29.8 Å². The van der Waals surface area contributed by atoms with E-state index in [1.165, 1.54) is 18.4 Å². The van der Waals surface area contributed by atoms with Crippen molar-refractivity contribution in [2.24, 2.45) is 0 Å². The number of urea groups is 1. The number of hydrogen-bond acceptors (Lipinski definition) is 7. The van der Waals surface area contributed by atoms with Crippen molar-refractivity contribution in [2.45, 2.75) is 18.4 Å². The number of ether oxygens (including phenoxy) is 1. The van der Waals surface area contributed by atoms with Crippen molar-refractivity contribution in [2.75, 3.05) is 52.3 Å². The average molecular weight is 514 g/mol. The van der Waals surface area contributed by atoms with Gasteiger partial charge in [-0.15, -0.1) is 0 Å². The Hall–Kier alpha value is -3.57. The number of carbonyl (C=O) groups excluding carboxylic acids is 1. The number of aryl methyl sites for hydroxylation is 1. The Labute approximate surface area is 211 Å². The van der Waals surface area contributed by atoms with E-state index in [4.69, 9.17) is 9.15 Å². The lowest BCUT2D eigenvalue weighted by Gasteiger charge is -2.36. The van der Waals surface area contributed by atoms with E-state index in [1.54, 1.807) is 49.4 Å². The standard InChI is InChI=1S/C25H31N5O5S/c1-18-26-17-24(35-18)22-10-7-20(15-23(22)34-4)29-11-13-30(14-12-29)25(31)27-16-19-5-8-21(9-6-19)36(32,33)28(2)3/h5-10,15,17H,11-14,16H2,1-4H3,(H,27,31). The number of methoxy groups -OCH3 is 1. The Balaban J connectivity index is 1.31. The normalized spacial score (nSPS) is 14.2. The van der Waals surface area contributed by atoms with Crippen LogP contribution in [0.15, 0.2) is 58.0 Å². The van der Waals surface area contributed by atoms with Gasteiger partial charge in [0.15, 0.2) is 11.7 Å². The lowest BCUT2D eigenvalue weighted by molar-refractivity contribution is 0.194. The third-order valence-electron chi connectivity index (χ3n) is 6.15. The Morgan fingerprint density at radius 3 is 2.39 bits per heavy atom. The maximum atomic E-state index is 12.7. The minimum atomic E-state index is -3.47. The molecular weight excluding hydrogens is 482 g/mol. The number of amides is 2. The number of oxazole rings is 1. The van der Waals surface area contributed by atoms with Crippen LogP contribution < -0.4 is 15.0 Å². The van der Waals surface area contributed by atoms with Gasteiger partial charge in [-0.1, -0.05) is 12.1 Å². The zero-order valence-corrected chi connectivity index (χ0v) is 21.7. The molecule has 0 bridgehead atoms. The van der Waals surface area contributed by atoms with Crippen LogP contribution >= 0.6 is 0 Å². The predicted octanol–water partition coefficient (Wildman–Crippen LogP) is 2.94. The number of nitrogens with zero attached hydrogens (tertiary/aromatic N) is 4. The number of rotatable bonds is 7. The van der Waals surface area contributed by atoms with E-state index >= 15 is 0 Å². The van der Waals surface area contributed by atoms with Crippen molar-refractivity contribution < 1.29 is 22.4 Å². The summed E-state index contributed by atoms with van der Waals surface area (Å²) < 4.78 is 36.8. The summed E-state index contributed by atoms with van der Waals surface area (Å²) in [6, 6.07) is 12.3. The molecule has 192 valence electrons. The van der Waals surface area contributed by atoms with Gasteiger partial charge < -0.3 is 24.3 Å². The monoisotopic (exact) mass is 513 g/mol. The molecule has 0 saturated carbocycles. The Morgan fingerprint density at radius 2 is 1.81 bits per heavy atom. The fraction of sp³-hybridized carbons (Fsp3) is 0.360. The van der Waals surface area contributed by atoms with Crippen LogP contribution in [0, 0.1) is 6.92 Å². The molecule has 11 heteroatoms. The molecule has 1 fully saturated rings. The third kappa shape index (κ3) is 5.47. The SMILES string of the molecule is COc1cc(N2CCN(C(=O)NCc3ccc(S(=O)(=O)N(C)C)cc3)CC2)ccc1-c1cnc(C)o1. The summed E-state index contributed by atoms with van der Waals surface area (Å²) >= 11 is 0. The van der Waals surface area contributed by atoms with E-state index in [0.717, 1.165) is 16.8 Å². The summed E-state index contributed by atoms with van der Waals surface area (Å²) in [6.45, 7) is 4.66. The molecule has 1 aliphatic heterocycles. The van der Waals surface area contributed by atoms with Gasteiger partial charge >= 0.3 is 6.03 Å². The Kier molecular flexibility index (Phi) is 7.51. The second-order valence-corrected chi connectivity index (χ2v) is 10.8. The highest BCUT2D eigenvalue weighted by molar-refractivity contribution is 7.89. The van der Waals surface area contributed by atoms with Crippen LogP contribution in [0.25, 0.3) is 11.3 Å². The number of piperazine rings is 1. The third-order valence-corrected chi connectivity index (χ3v) is 7.98. The fourth-order valence-corrected chi connectivity index (χ4v) is 4.92. The molecule has 1 aliphatic rings. The first-order valence-electron chi connectivity index (χ1n) is 11.6. The van der Waals surface area contributed by atoms with Crippen molar-refractivity contribution in [3.05, 3.63) is 60.1 Å². The molecule has 0 radical (unpaired) electrons. The van der Waals surface area contributed by atoms with Crippen molar-refractivity contribution in [1.29, 1.82) is 0 Å². The molecular formula is C25H31N5O5S. The van der Waals surface area contributed by atoms with Gasteiger partial charge in [-0.25, -0.2) is 22.5 Å². The van der Waals surface area contributed by atoms with Crippen molar-refractivity contribution >= 4 is 21.7 Å². The highest BCUT2D eigenvalue weighted by Crippen LogP contribution is 2.34.